The van der Waals surface area contributed by atoms with E-state index in [9.17, 15) is 9.90 Å². The number of aryl methyl sites for hydroxylation is 1. The topological polar surface area (TPSA) is 49.3 Å². The second kappa shape index (κ2) is 7.66. The van der Waals surface area contributed by atoms with Gasteiger partial charge >= 0.3 is 5.97 Å². The number of aromatic carboxylic acids is 1. The van der Waals surface area contributed by atoms with Crippen LogP contribution in [0, 0.1) is 10.5 Å². The van der Waals surface area contributed by atoms with Crippen LogP contribution in [0.3, 0.4) is 0 Å². The zero-order valence-electron chi connectivity index (χ0n) is 11.1. The summed E-state index contributed by atoms with van der Waals surface area (Å²) in [6.07, 6.45) is 0. The number of carbonyl (C=O) groups is 1. The molecule has 0 fully saturated rings. The van der Waals surface area contributed by atoms with E-state index in [2.05, 4.69) is 27.9 Å². The van der Waals surface area contributed by atoms with Gasteiger partial charge in [-0.15, -0.1) is 0 Å². The first-order valence-electron chi connectivity index (χ1n) is 5.53. The fourth-order valence-electron chi connectivity index (χ4n) is 1.71. The van der Waals surface area contributed by atoms with Crippen LogP contribution in [0.1, 0.15) is 15.9 Å². The van der Waals surface area contributed by atoms with Crippen molar-refractivity contribution in [3.8, 4) is 0 Å². The molecule has 0 spiro atoms. The molecule has 0 aliphatic heterocycles. The van der Waals surface area contributed by atoms with E-state index in [1.807, 2.05) is 25.1 Å². The molecule has 0 atom stereocenters. The Kier molecular flexibility index (Phi) is 6.81. The van der Waals surface area contributed by atoms with Gasteiger partial charge in [0.05, 0.1) is 11.3 Å². The number of benzene rings is 2. The quantitative estimate of drug-likeness (QED) is 0.585. The van der Waals surface area contributed by atoms with E-state index >= 15 is 0 Å². The molecule has 0 aliphatic rings. The van der Waals surface area contributed by atoms with Crippen LogP contribution < -0.4 is 5.32 Å². The van der Waals surface area contributed by atoms with Crippen LogP contribution in [-0.4, -0.2) is 40.6 Å². The molecule has 2 aromatic carbocycles. The van der Waals surface area contributed by atoms with Crippen molar-refractivity contribution in [2.75, 3.05) is 5.32 Å². The number of nitrogens with one attached hydrogen (secondary N) is 1. The molecular weight excluding hydrogens is 400 g/mol. The minimum Gasteiger partial charge on any atom is -0.478 e. The van der Waals surface area contributed by atoms with Crippen molar-refractivity contribution in [2.45, 2.75) is 6.92 Å². The summed E-state index contributed by atoms with van der Waals surface area (Å²) in [5.41, 5.74) is 2.62. The van der Waals surface area contributed by atoms with E-state index in [0.29, 0.717) is 10.7 Å². The van der Waals surface area contributed by atoms with Crippen molar-refractivity contribution in [2.24, 2.45) is 0 Å². The van der Waals surface area contributed by atoms with Crippen molar-refractivity contribution < 1.29 is 9.90 Å². The van der Waals surface area contributed by atoms with Crippen molar-refractivity contribution in [3.63, 3.8) is 0 Å². The molecule has 0 amide bonds. The van der Waals surface area contributed by atoms with Crippen LogP contribution in [0.5, 0.6) is 0 Å². The largest absolute Gasteiger partial charge is 0.478 e. The molecule has 3 nitrogen and oxygen atoms in total. The van der Waals surface area contributed by atoms with Crippen molar-refractivity contribution in [3.05, 3.63) is 56.1 Å². The molecule has 0 saturated heterocycles. The van der Waals surface area contributed by atoms with Gasteiger partial charge in [-0.3, -0.25) is 0 Å². The van der Waals surface area contributed by atoms with Crippen molar-refractivity contribution in [1.29, 1.82) is 0 Å². The Morgan fingerprint density at radius 2 is 1.85 bits per heavy atom. The molecule has 0 unspecified atom stereocenters. The summed E-state index contributed by atoms with van der Waals surface area (Å²) in [5, 5.41) is 12.7. The molecule has 6 heteroatoms. The molecule has 2 N–H and O–H groups in total. The standard InChI is InChI=1S/C14H11ClINO2.Na/c1-8-6-10(16)3-5-12(8)17-13-4-2-9(15)7-11(13)14(18)19;/h2-7,17H,1H3,(H,18,19);. The van der Waals surface area contributed by atoms with E-state index in [-0.39, 0.29) is 35.1 Å². The normalized spacial score (nSPS) is 9.75. The van der Waals surface area contributed by atoms with Gasteiger partial charge in [0.25, 0.3) is 0 Å². The van der Waals surface area contributed by atoms with E-state index < -0.39 is 5.97 Å². The van der Waals surface area contributed by atoms with Crippen LogP contribution >= 0.6 is 34.2 Å². The smallest absolute Gasteiger partial charge is 0.337 e. The average Bonchev–Trinajstić information content (AvgIpc) is 2.34. The fraction of sp³-hybridized carbons (Fsp3) is 0.0714. The first-order valence-corrected chi connectivity index (χ1v) is 6.99. The van der Waals surface area contributed by atoms with Crippen molar-refractivity contribution in [1.82, 2.24) is 0 Å². The molecule has 0 bridgehead atoms. The van der Waals surface area contributed by atoms with Gasteiger partial charge in [0.2, 0.25) is 0 Å². The van der Waals surface area contributed by atoms with Gasteiger partial charge in [0, 0.05) is 43.8 Å². The molecule has 2 aromatic rings. The van der Waals surface area contributed by atoms with Gasteiger partial charge in [0.1, 0.15) is 0 Å². The number of hydrogen-bond donors (Lipinski definition) is 2. The monoisotopic (exact) mass is 410 g/mol. The van der Waals surface area contributed by atoms with Gasteiger partial charge in [0.15, 0.2) is 0 Å². The van der Waals surface area contributed by atoms with Crippen LogP contribution in [-0.2, 0) is 0 Å². The number of halogens is 2. The zero-order valence-corrected chi connectivity index (χ0v) is 16.0. The summed E-state index contributed by atoms with van der Waals surface area (Å²) in [6, 6.07) is 10.7. The maximum Gasteiger partial charge on any atom is 0.337 e. The molecule has 0 heterocycles. The van der Waals surface area contributed by atoms with E-state index in [1.165, 1.54) is 6.07 Å². The third kappa shape index (κ3) is 4.36. The Bertz CT molecular complexity index is 649. The Hall–Kier alpha value is -0.270. The van der Waals surface area contributed by atoms with E-state index in [0.717, 1.165) is 14.8 Å². The molecule has 20 heavy (non-hydrogen) atoms. The average molecular weight is 411 g/mol. The number of rotatable bonds is 3. The molecule has 99 valence electrons. The van der Waals surface area contributed by atoms with E-state index in [1.54, 1.807) is 12.1 Å². The fourth-order valence-corrected chi connectivity index (χ4v) is 2.53. The Morgan fingerprint density at radius 3 is 2.45 bits per heavy atom. The Morgan fingerprint density at radius 1 is 1.20 bits per heavy atom. The molecule has 0 aromatic heterocycles. The van der Waals surface area contributed by atoms with E-state index in [4.69, 9.17) is 11.6 Å². The summed E-state index contributed by atoms with van der Waals surface area (Å²) in [5.74, 6) is -1.01. The zero-order chi connectivity index (χ0) is 14.0. The number of carboxylic acid groups (broad SMARTS) is 1. The van der Waals surface area contributed by atoms with Gasteiger partial charge in [-0.25, -0.2) is 4.79 Å². The Balaban J connectivity index is 0.00000200. The third-order valence-electron chi connectivity index (χ3n) is 2.67. The summed E-state index contributed by atoms with van der Waals surface area (Å²) in [4.78, 5) is 11.2. The predicted octanol–water partition coefficient (Wildman–Crippen LogP) is 4.31. The molecular formula is C14H11ClINNaO2. The summed E-state index contributed by atoms with van der Waals surface area (Å²) in [7, 11) is 0. The van der Waals surface area contributed by atoms with Gasteiger partial charge < -0.3 is 10.4 Å². The first-order chi connectivity index (χ1) is 8.97. The molecule has 0 aliphatic carbocycles. The molecule has 0 saturated carbocycles. The number of hydrogen-bond acceptors (Lipinski definition) is 2. The number of carboxylic acids is 1. The third-order valence-corrected chi connectivity index (χ3v) is 3.58. The second-order valence-electron chi connectivity index (χ2n) is 4.08. The van der Waals surface area contributed by atoms with Crippen LogP contribution in [0.2, 0.25) is 5.02 Å². The van der Waals surface area contributed by atoms with Crippen LogP contribution in [0.15, 0.2) is 36.4 Å². The maximum absolute atomic E-state index is 11.2. The summed E-state index contributed by atoms with van der Waals surface area (Å²) in [6.45, 7) is 1.97. The minimum atomic E-state index is -1.01. The Labute approximate surface area is 158 Å². The maximum atomic E-state index is 11.2. The number of anilines is 2. The van der Waals surface area contributed by atoms with Crippen molar-refractivity contribution >= 4 is 81.1 Å². The van der Waals surface area contributed by atoms with Crippen LogP contribution in [0.25, 0.3) is 0 Å². The first kappa shape index (κ1) is 17.8. The SMILES string of the molecule is Cc1cc(I)ccc1Nc1ccc(Cl)cc1C(=O)O.[Na]. The minimum absolute atomic E-state index is 0. The van der Waals surface area contributed by atoms with Gasteiger partial charge in [-0.05, 0) is 71.5 Å². The second-order valence-corrected chi connectivity index (χ2v) is 5.76. The van der Waals surface area contributed by atoms with Crippen LogP contribution in [0.4, 0.5) is 11.4 Å². The van der Waals surface area contributed by atoms with Gasteiger partial charge in [-0.2, -0.15) is 0 Å². The predicted molar refractivity (Wildman–Crippen MR) is 91.3 cm³/mol. The molecule has 2 rings (SSSR count). The van der Waals surface area contributed by atoms with Gasteiger partial charge in [-0.1, -0.05) is 11.6 Å². The molecule has 1 radical (unpaired) electrons. The summed E-state index contributed by atoms with van der Waals surface area (Å²) >= 11 is 8.06. The summed E-state index contributed by atoms with van der Waals surface area (Å²) < 4.78 is 1.13.